The van der Waals surface area contributed by atoms with Gasteiger partial charge >= 0.3 is 0 Å². The van der Waals surface area contributed by atoms with Crippen molar-refractivity contribution in [1.82, 2.24) is 4.98 Å². The molecule has 1 aliphatic rings. The van der Waals surface area contributed by atoms with Gasteiger partial charge in [-0.05, 0) is 30.7 Å². The van der Waals surface area contributed by atoms with Gasteiger partial charge in [-0.1, -0.05) is 12.2 Å². The van der Waals surface area contributed by atoms with Crippen LogP contribution in [0.15, 0.2) is 42.6 Å². The molecule has 1 aliphatic heterocycles. The van der Waals surface area contributed by atoms with Crippen molar-refractivity contribution in [1.29, 1.82) is 0 Å². The summed E-state index contributed by atoms with van der Waals surface area (Å²) in [6.45, 7) is 1.43. The van der Waals surface area contributed by atoms with Crippen molar-refractivity contribution < 1.29 is 14.2 Å². The van der Waals surface area contributed by atoms with Gasteiger partial charge in [-0.15, -0.1) is 0 Å². The van der Waals surface area contributed by atoms with Gasteiger partial charge in [-0.3, -0.25) is 4.98 Å². The summed E-state index contributed by atoms with van der Waals surface area (Å²) in [6, 6.07) is 7.65. The van der Waals surface area contributed by atoms with E-state index >= 15 is 0 Å². The van der Waals surface area contributed by atoms with Crippen LogP contribution < -0.4 is 9.47 Å². The highest BCUT2D eigenvalue weighted by Crippen LogP contribution is 2.27. The molecule has 1 fully saturated rings. The van der Waals surface area contributed by atoms with E-state index in [4.69, 9.17) is 14.2 Å². The molecule has 0 N–H and O–H groups in total. The molecule has 1 atom stereocenters. The highest BCUT2D eigenvalue weighted by molar-refractivity contribution is 5.86. The molecule has 0 saturated carbocycles. The zero-order valence-corrected chi connectivity index (χ0v) is 11.4. The molecule has 0 bridgehead atoms. The van der Waals surface area contributed by atoms with Crippen molar-refractivity contribution in [3.05, 3.63) is 42.6 Å². The lowest BCUT2D eigenvalue weighted by Gasteiger charge is -2.08. The summed E-state index contributed by atoms with van der Waals surface area (Å²) in [5, 5.41) is 0.964. The molecule has 1 saturated heterocycles. The Hall–Kier alpha value is -2.07. The third-order valence-corrected chi connectivity index (χ3v) is 3.21. The second kappa shape index (κ2) is 5.92. The Labute approximate surface area is 118 Å². The quantitative estimate of drug-likeness (QED) is 0.598. The predicted octanol–water partition coefficient (Wildman–Crippen LogP) is 2.97. The summed E-state index contributed by atoms with van der Waals surface area (Å²) in [4.78, 5) is 4.32. The lowest BCUT2D eigenvalue weighted by atomic mass is 10.2. The molecule has 4 nitrogen and oxygen atoms in total. The van der Waals surface area contributed by atoms with Gasteiger partial charge in [-0.2, -0.15) is 0 Å². The number of ether oxygens (including phenoxy) is 3. The van der Waals surface area contributed by atoms with Crippen molar-refractivity contribution in [2.75, 3.05) is 20.3 Å². The number of aromatic nitrogens is 1. The van der Waals surface area contributed by atoms with Gasteiger partial charge in [0.15, 0.2) is 0 Å². The molecular formula is C16H17NO3. The van der Waals surface area contributed by atoms with Crippen LogP contribution in [0.4, 0.5) is 0 Å². The highest BCUT2D eigenvalue weighted by Gasteiger charge is 2.19. The summed E-state index contributed by atoms with van der Waals surface area (Å²) in [7, 11) is 1.65. The first-order valence-corrected chi connectivity index (χ1v) is 6.69. The molecule has 4 heteroatoms. The minimum Gasteiger partial charge on any atom is -0.497 e. The fourth-order valence-corrected chi connectivity index (χ4v) is 2.01. The zero-order chi connectivity index (χ0) is 13.8. The van der Waals surface area contributed by atoms with Gasteiger partial charge in [0, 0.05) is 11.6 Å². The molecule has 104 valence electrons. The summed E-state index contributed by atoms with van der Waals surface area (Å²) >= 11 is 0. The number of hydrogen-bond acceptors (Lipinski definition) is 4. The molecule has 3 rings (SSSR count). The van der Waals surface area contributed by atoms with Crippen LogP contribution in [0.5, 0.6) is 11.5 Å². The van der Waals surface area contributed by atoms with Crippen LogP contribution in [0.1, 0.15) is 6.42 Å². The van der Waals surface area contributed by atoms with E-state index in [9.17, 15) is 0 Å². The van der Waals surface area contributed by atoms with E-state index in [1.165, 1.54) is 0 Å². The minimum absolute atomic E-state index is 0.428. The molecular weight excluding hydrogens is 254 g/mol. The fourth-order valence-electron chi connectivity index (χ4n) is 2.01. The number of benzene rings is 1. The average molecular weight is 271 g/mol. The van der Waals surface area contributed by atoms with Crippen LogP contribution in [0, 0.1) is 0 Å². The second-order valence-electron chi connectivity index (χ2n) is 4.67. The Morgan fingerprint density at radius 1 is 1.35 bits per heavy atom. The van der Waals surface area contributed by atoms with Gasteiger partial charge in [0.2, 0.25) is 0 Å². The van der Waals surface area contributed by atoms with Crippen molar-refractivity contribution in [3.63, 3.8) is 0 Å². The summed E-state index contributed by atoms with van der Waals surface area (Å²) in [6.07, 6.45) is 7.27. The minimum atomic E-state index is 0.428. The monoisotopic (exact) mass is 271 g/mol. The molecule has 0 spiro atoms. The lowest BCUT2D eigenvalue weighted by molar-refractivity contribution is 0.365. The normalized spacial score (nSPS) is 17.6. The maximum atomic E-state index is 5.80. The van der Waals surface area contributed by atoms with Gasteiger partial charge in [0.05, 0.1) is 25.3 Å². The topological polar surface area (TPSA) is 43.9 Å². The number of methoxy groups -OCH3 is 1. The molecule has 0 aliphatic carbocycles. The maximum Gasteiger partial charge on any atom is 0.130 e. The van der Waals surface area contributed by atoms with Gasteiger partial charge in [0.1, 0.15) is 18.1 Å². The van der Waals surface area contributed by atoms with Crippen molar-refractivity contribution in [3.8, 4) is 11.5 Å². The standard InChI is InChI=1S/C16H17NO3/c1-18-12-5-6-15-14(10-12)16(7-8-17-15)19-9-3-2-4-13-11-20-13/h2-3,5-8,10,13H,4,9,11H2,1H3/b3-2+. The molecule has 1 aromatic heterocycles. The number of nitrogens with zero attached hydrogens (tertiary/aromatic N) is 1. The van der Waals surface area contributed by atoms with E-state index in [2.05, 4.69) is 11.1 Å². The zero-order valence-electron chi connectivity index (χ0n) is 11.4. The molecule has 1 aromatic carbocycles. The Bertz CT molecular complexity index is 620. The SMILES string of the molecule is COc1ccc2nccc(OC/C=C/CC3CO3)c2c1. The van der Waals surface area contributed by atoms with Gasteiger partial charge in [0.25, 0.3) is 0 Å². The predicted molar refractivity (Wildman–Crippen MR) is 77.3 cm³/mol. The second-order valence-corrected chi connectivity index (χ2v) is 4.67. The first-order chi connectivity index (χ1) is 9.86. The number of epoxide rings is 1. The Balaban J connectivity index is 1.70. The van der Waals surface area contributed by atoms with E-state index in [0.717, 1.165) is 35.4 Å². The van der Waals surface area contributed by atoms with Crippen LogP contribution in [0.25, 0.3) is 10.9 Å². The van der Waals surface area contributed by atoms with E-state index in [0.29, 0.717) is 12.7 Å². The molecule has 20 heavy (non-hydrogen) atoms. The molecule has 1 unspecified atom stereocenters. The van der Waals surface area contributed by atoms with Gasteiger partial charge in [-0.25, -0.2) is 0 Å². The highest BCUT2D eigenvalue weighted by atomic mass is 16.6. The van der Waals surface area contributed by atoms with Crippen LogP contribution in [-0.4, -0.2) is 31.4 Å². The Morgan fingerprint density at radius 3 is 3.05 bits per heavy atom. The van der Waals surface area contributed by atoms with Crippen LogP contribution in [0.3, 0.4) is 0 Å². The lowest BCUT2D eigenvalue weighted by Crippen LogP contribution is -1.95. The largest absolute Gasteiger partial charge is 0.497 e. The van der Waals surface area contributed by atoms with E-state index in [-0.39, 0.29) is 0 Å². The molecule has 0 amide bonds. The number of pyridine rings is 1. The Morgan fingerprint density at radius 2 is 2.25 bits per heavy atom. The smallest absolute Gasteiger partial charge is 0.130 e. The third kappa shape index (κ3) is 3.08. The first kappa shape index (κ1) is 12.9. The van der Waals surface area contributed by atoms with E-state index < -0.39 is 0 Å². The van der Waals surface area contributed by atoms with Crippen molar-refractivity contribution >= 4 is 10.9 Å². The summed E-state index contributed by atoms with van der Waals surface area (Å²) < 4.78 is 16.2. The van der Waals surface area contributed by atoms with E-state index in [1.807, 2.05) is 30.3 Å². The molecule has 2 heterocycles. The number of rotatable bonds is 6. The first-order valence-electron chi connectivity index (χ1n) is 6.69. The maximum absolute atomic E-state index is 5.80. The van der Waals surface area contributed by atoms with Crippen molar-refractivity contribution in [2.45, 2.75) is 12.5 Å². The van der Waals surface area contributed by atoms with Crippen LogP contribution >= 0.6 is 0 Å². The molecule has 2 aromatic rings. The third-order valence-electron chi connectivity index (χ3n) is 3.21. The summed E-state index contributed by atoms with van der Waals surface area (Å²) in [5.41, 5.74) is 0.902. The van der Waals surface area contributed by atoms with Crippen LogP contribution in [-0.2, 0) is 4.74 Å². The number of hydrogen-bond donors (Lipinski definition) is 0. The Kier molecular flexibility index (Phi) is 3.83. The molecule has 0 radical (unpaired) electrons. The van der Waals surface area contributed by atoms with Crippen molar-refractivity contribution in [2.24, 2.45) is 0 Å². The number of fused-ring (bicyclic) bond motifs is 1. The van der Waals surface area contributed by atoms with E-state index in [1.54, 1.807) is 13.3 Å². The summed E-state index contributed by atoms with van der Waals surface area (Å²) in [5.74, 6) is 1.62. The van der Waals surface area contributed by atoms with Crippen LogP contribution in [0.2, 0.25) is 0 Å². The van der Waals surface area contributed by atoms with Gasteiger partial charge < -0.3 is 14.2 Å². The average Bonchev–Trinajstić information content (AvgIpc) is 3.31. The fraction of sp³-hybridized carbons (Fsp3) is 0.312.